The number of β-amino-alcohol motifs (C(OH)–C–C–N with tert-alkyl or cyclic N) is 1. The van der Waals surface area contributed by atoms with E-state index >= 15 is 0 Å². The van der Waals surface area contributed by atoms with Crippen LogP contribution in [0.3, 0.4) is 0 Å². The summed E-state index contributed by atoms with van der Waals surface area (Å²) in [7, 11) is 0. The molecule has 1 aliphatic heterocycles. The summed E-state index contributed by atoms with van der Waals surface area (Å²) in [6.07, 6.45) is 2.60. The van der Waals surface area contributed by atoms with Crippen molar-refractivity contribution < 1.29 is 14.6 Å². The second-order valence-corrected chi connectivity index (χ2v) is 6.25. The molecule has 1 atom stereocenters. The van der Waals surface area contributed by atoms with Crippen LogP contribution in [0.25, 0.3) is 0 Å². The number of nitrogens with zero attached hydrogens (tertiary/aromatic N) is 2. The quantitative estimate of drug-likeness (QED) is 0.856. The molecule has 1 N–H and O–H groups in total. The van der Waals surface area contributed by atoms with Gasteiger partial charge in [-0.3, -0.25) is 4.98 Å². The van der Waals surface area contributed by atoms with Crippen molar-refractivity contribution in [3.05, 3.63) is 30.1 Å². The van der Waals surface area contributed by atoms with Gasteiger partial charge in [-0.25, -0.2) is 4.79 Å². The first kappa shape index (κ1) is 14.8. The lowest BCUT2D eigenvalue weighted by atomic mass is 9.89. The maximum Gasteiger partial charge on any atom is 0.410 e. The fraction of sp³-hybridized carbons (Fsp3) is 0.600. The smallest absolute Gasteiger partial charge is 0.410 e. The summed E-state index contributed by atoms with van der Waals surface area (Å²) >= 11 is 0. The van der Waals surface area contributed by atoms with Gasteiger partial charge in [0.2, 0.25) is 0 Å². The van der Waals surface area contributed by atoms with E-state index in [0.29, 0.717) is 18.7 Å². The van der Waals surface area contributed by atoms with Crippen LogP contribution in [0.4, 0.5) is 4.79 Å². The summed E-state index contributed by atoms with van der Waals surface area (Å²) in [5.74, 6) is 0. The van der Waals surface area contributed by atoms with E-state index in [0.717, 1.165) is 6.42 Å². The topological polar surface area (TPSA) is 62.7 Å². The minimum absolute atomic E-state index is 0.221. The van der Waals surface area contributed by atoms with Gasteiger partial charge in [-0.15, -0.1) is 0 Å². The number of rotatable bonds is 1. The maximum atomic E-state index is 12.1. The van der Waals surface area contributed by atoms with Crippen molar-refractivity contribution in [2.75, 3.05) is 13.1 Å². The van der Waals surface area contributed by atoms with Crippen molar-refractivity contribution in [2.24, 2.45) is 0 Å². The van der Waals surface area contributed by atoms with Gasteiger partial charge >= 0.3 is 6.09 Å². The minimum Gasteiger partial charge on any atom is -0.444 e. The average molecular weight is 278 g/mol. The minimum atomic E-state index is -1.09. The Bertz CT molecular complexity index is 470. The average Bonchev–Trinajstić information content (AvgIpc) is 2.38. The predicted molar refractivity (Wildman–Crippen MR) is 75.2 cm³/mol. The maximum absolute atomic E-state index is 12.1. The molecule has 1 aromatic heterocycles. The molecular formula is C15H22N2O3. The van der Waals surface area contributed by atoms with Gasteiger partial charge in [-0.05, 0) is 45.7 Å². The molecule has 0 aliphatic carbocycles. The number of piperidine rings is 1. The highest BCUT2D eigenvalue weighted by Crippen LogP contribution is 2.30. The first-order valence-corrected chi connectivity index (χ1v) is 6.92. The summed E-state index contributed by atoms with van der Waals surface area (Å²) in [6.45, 7) is 6.32. The number of likely N-dealkylation sites (tertiary alicyclic amines) is 1. The van der Waals surface area contributed by atoms with Crippen LogP contribution in [0.1, 0.15) is 39.3 Å². The van der Waals surface area contributed by atoms with Crippen molar-refractivity contribution in [1.82, 2.24) is 9.88 Å². The summed E-state index contributed by atoms with van der Waals surface area (Å²) in [5.41, 5.74) is -1.01. The Labute approximate surface area is 119 Å². The SMILES string of the molecule is CC(C)(C)OC(=O)N1CCCC(O)(c2ccccn2)C1. The number of carbonyl (C=O) groups excluding carboxylic acids is 1. The van der Waals surface area contributed by atoms with Crippen molar-refractivity contribution in [1.29, 1.82) is 0 Å². The molecule has 0 saturated carbocycles. The van der Waals surface area contributed by atoms with Crippen molar-refractivity contribution in [3.8, 4) is 0 Å². The molecule has 1 fully saturated rings. The molecule has 2 heterocycles. The Kier molecular flexibility index (Phi) is 3.99. The number of hydrogen-bond acceptors (Lipinski definition) is 4. The molecule has 1 amide bonds. The van der Waals surface area contributed by atoms with Crippen LogP contribution in [0.2, 0.25) is 0 Å². The lowest BCUT2D eigenvalue weighted by Gasteiger charge is -2.39. The molecular weight excluding hydrogens is 256 g/mol. The van der Waals surface area contributed by atoms with Crippen LogP contribution in [0.15, 0.2) is 24.4 Å². The van der Waals surface area contributed by atoms with E-state index in [9.17, 15) is 9.90 Å². The Morgan fingerprint density at radius 1 is 1.45 bits per heavy atom. The molecule has 0 bridgehead atoms. The molecule has 0 aromatic carbocycles. The zero-order valence-electron chi connectivity index (χ0n) is 12.3. The number of amides is 1. The molecule has 20 heavy (non-hydrogen) atoms. The van der Waals surface area contributed by atoms with Gasteiger partial charge in [-0.2, -0.15) is 0 Å². The van der Waals surface area contributed by atoms with Crippen molar-refractivity contribution in [3.63, 3.8) is 0 Å². The highest BCUT2D eigenvalue weighted by molar-refractivity contribution is 5.68. The van der Waals surface area contributed by atoms with Crippen molar-refractivity contribution >= 4 is 6.09 Å². The standard InChI is InChI=1S/C15H22N2O3/c1-14(2,3)20-13(18)17-10-6-8-15(19,11-17)12-7-4-5-9-16-12/h4-5,7,9,19H,6,8,10-11H2,1-3H3. The summed E-state index contributed by atoms with van der Waals surface area (Å²) < 4.78 is 5.36. The first-order valence-electron chi connectivity index (χ1n) is 6.92. The van der Waals surface area contributed by atoms with Gasteiger partial charge in [0, 0.05) is 12.7 Å². The summed E-state index contributed by atoms with van der Waals surface area (Å²) in [5, 5.41) is 10.7. The predicted octanol–water partition coefficient (Wildman–Crippen LogP) is 2.30. The van der Waals surface area contributed by atoms with Gasteiger partial charge in [0.1, 0.15) is 11.2 Å². The molecule has 5 nitrogen and oxygen atoms in total. The van der Waals surface area contributed by atoms with E-state index < -0.39 is 11.2 Å². The van der Waals surface area contributed by atoms with Crippen LogP contribution in [0.5, 0.6) is 0 Å². The summed E-state index contributed by atoms with van der Waals surface area (Å²) in [4.78, 5) is 17.9. The number of carbonyl (C=O) groups is 1. The number of aliphatic hydroxyl groups is 1. The molecule has 1 saturated heterocycles. The lowest BCUT2D eigenvalue weighted by Crippen LogP contribution is -2.50. The fourth-order valence-corrected chi connectivity index (χ4v) is 2.37. The van der Waals surface area contributed by atoms with E-state index in [2.05, 4.69) is 4.98 Å². The van der Waals surface area contributed by atoms with Crippen LogP contribution < -0.4 is 0 Å². The number of aromatic nitrogens is 1. The van der Waals surface area contributed by atoms with Crippen LogP contribution in [0, 0.1) is 0 Å². The van der Waals surface area contributed by atoms with E-state index in [-0.39, 0.29) is 12.6 Å². The van der Waals surface area contributed by atoms with Crippen LogP contribution in [-0.2, 0) is 10.3 Å². The highest BCUT2D eigenvalue weighted by Gasteiger charge is 2.39. The van der Waals surface area contributed by atoms with E-state index in [1.54, 1.807) is 23.2 Å². The molecule has 0 radical (unpaired) electrons. The van der Waals surface area contributed by atoms with E-state index in [4.69, 9.17) is 4.74 Å². The molecule has 1 aliphatic rings. The van der Waals surface area contributed by atoms with Gasteiger partial charge in [0.05, 0.1) is 12.2 Å². The Hall–Kier alpha value is -1.62. The van der Waals surface area contributed by atoms with Gasteiger partial charge in [0.15, 0.2) is 0 Å². The zero-order chi connectivity index (χ0) is 14.8. The zero-order valence-corrected chi connectivity index (χ0v) is 12.3. The van der Waals surface area contributed by atoms with Crippen LogP contribution in [-0.4, -0.2) is 39.8 Å². The third-order valence-electron chi connectivity index (χ3n) is 3.26. The number of hydrogen-bond donors (Lipinski definition) is 1. The van der Waals surface area contributed by atoms with Gasteiger partial charge < -0.3 is 14.7 Å². The third-order valence-corrected chi connectivity index (χ3v) is 3.26. The second kappa shape index (κ2) is 5.40. The van der Waals surface area contributed by atoms with Gasteiger partial charge in [-0.1, -0.05) is 6.07 Å². The van der Waals surface area contributed by atoms with E-state index in [1.807, 2.05) is 26.8 Å². The van der Waals surface area contributed by atoms with E-state index in [1.165, 1.54) is 0 Å². The molecule has 2 rings (SSSR count). The Balaban J connectivity index is 2.11. The Morgan fingerprint density at radius 2 is 2.20 bits per heavy atom. The monoisotopic (exact) mass is 278 g/mol. The van der Waals surface area contributed by atoms with Gasteiger partial charge in [0.25, 0.3) is 0 Å². The molecule has 110 valence electrons. The third kappa shape index (κ3) is 3.48. The highest BCUT2D eigenvalue weighted by atomic mass is 16.6. The summed E-state index contributed by atoms with van der Waals surface area (Å²) in [6, 6.07) is 5.44. The molecule has 0 spiro atoms. The Morgan fingerprint density at radius 3 is 2.80 bits per heavy atom. The number of ether oxygens (including phenoxy) is 1. The fourth-order valence-electron chi connectivity index (χ4n) is 2.37. The molecule has 1 aromatic rings. The second-order valence-electron chi connectivity index (χ2n) is 6.25. The molecule has 5 heteroatoms. The normalized spacial score (nSPS) is 23.5. The largest absolute Gasteiger partial charge is 0.444 e. The lowest BCUT2D eigenvalue weighted by molar-refractivity contribution is -0.0489. The van der Waals surface area contributed by atoms with Crippen molar-refractivity contribution in [2.45, 2.75) is 44.8 Å². The molecule has 1 unspecified atom stereocenters. The first-order chi connectivity index (χ1) is 9.30. The number of pyridine rings is 1. The van der Waals surface area contributed by atoms with Crippen LogP contribution >= 0.6 is 0 Å².